The van der Waals surface area contributed by atoms with Gasteiger partial charge in [-0.1, -0.05) is 25.9 Å². The molecule has 0 unspecified atom stereocenters. The molecule has 0 spiro atoms. The highest BCUT2D eigenvalue weighted by molar-refractivity contribution is 5.93. The molecule has 8 nitrogen and oxygen atoms in total. The molecule has 0 bridgehead atoms. The quantitative estimate of drug-likeness (QED) is 0.733. The van der Waals surface area contributed by atoms with Crippen molar-refractivity contribution in [1.29, 1.82) is 0 Å². The number of nitrogens with one attached hydrogen (secondary N) is 1. The van der Waals surface area contributed by atoms with Crippen molar-refractivity contribution in [1.82, 2.24) is 29.8 Å². The molecular formula is C18H24N6O2. The SMILES string of the molecule is CCn1cc(-c2cc(C(=O)N[C@H](Cn3ccnc3)C(C)(C)C)no2)cn1. The summed E-state index contributed by atoms with van der Waals surface area (Å²) in [5.74, 6) is 0.264. The molecule has 0 aliphatic heterocycles. The van der Waals surface area contributed by atoms with Crippen LogP contribution in [0.5, 0.6) is 0 Å². The van der Waals surface area contributed by atoms with E-state index in [-0.39, 0.29) is 23.1 Å². The molecule has 3 rings (SSSR count). The smallest absolute Gasteiger partial charge is 0.273 e. The molecule has 0 aliphatic carbocycles. The van der Waals surface area contributed by atoms with E-state index in [2.05, 4.69) is 41.3 Å². The third-order valence-electron chi connectivity index (χ3n) is 4.29. The fourth-order valence-electron chi connectivity index (χ4n) is 2.56. The zero-order valence-corrected chi connectivity index (χ0v) is 15.5. The molecule has 1 N–H and O–H groups in total. The number of carbonyl (C=O) groups is 1. The first-order valence-electron chi connectivity index (χ1n) is 8.63. The van der Waals surface area contributed by atoms with Gasteiger partial charge in [-0.05, 0) is 12.3 Å². The second-order valence-corrected chi connectivity index (χ2v) is 7.31. The number of nitrogens with zero attached hydrogens (tertiary/aromatic N) is 5. The Bertz CT molecular complexity index is 857. The van der Waals surface area contributed by atoms with Crippen molar-refractivity contribution < 1.29 is 9.32 Å². The summed E-state index contributed by atoms with van der Waals surface area (Å²) in [5.41, 5.74) is 0.919. The highest BCUT2D eigenvalue weighted by Crippen LogP contribution is 2.23. The molecule has 1 atom stereocenters. The van der Waals surface area contributed by atoms with Gasteiger partial charge in [0.15, 0.2) is 11.5 Å². The van der Waals surface area contributed by atoms with Crippen molar-refractivity contribution in [3.8, 4) is 11.3 Å². The van der Waals surface area contributed by atoms with Crippen LogP contribution in [0.2, 0.25) is 0 Å². The third-order valence-corrected chi connectivity index (χ3v) is 4.29. The zero-order valence-electron chi connectivity index (χ0n) is 15.5. The van der Waals surface area contributed by atoms with Crippen LogP contribution in [0.1, 0.15) is 38.2 Å². The molecule has 26 heavy (non-hydrogen) atoms. The molecule has 0 saturated carbocycles. The maximum Gasteiger partial charge on any atom is 0.273 e. The lowest BCUT2D eigenvalue weighted by Gasteiger charge is -2.31. The van der Waals surface area contributed by atoms with Crippen LogP contribution >= 0.6 is 0 Å². The van der Waals surface area contributed by atoms with E-state index in [1.165, 1.54) is 0 Å². The van der Waals surface area contributed by atoms with Gasteiger partial charge in [-0.15, -0.1) is 0 Å². The van der Waals surface area contributed by atoms with Crippen LogP contribution < -0.4 is 5.32 Å². The Morgan fingerprint density at radius 1 is 1.38 bits per heavy atom. The van der Waals surface area contributed by atoms with E-state index < -0.39 is 0 Å². The summed E-state index contributed by atoms with van der Waals surface area (Å²) in [6.45, 7) is 9.65. The molecule has 0 radical (unpaired) electrons. The number of aryl methyl sites for hydroxylation is 1. The van der Waals surface area contributed by atoms with Crippen LogP contribution in [0.25, 0.3) is 11.3 Å². The van der Waals surface area contributed by atoms with Crippen LogP contribution in [0, 0.1) is 5.41 Å². The topological polar surface area (TPSA) is 90.8 Å². The minimum Gasteiger partial charge on any atom is -0.355 e. The Hall–Kier alpha value is -2.90. The van der Waals surface area contributed by atoms with E-state index in [0.29, 0.717) is 12.3 Å². The van der Waals surface area contributed by atoms with Crippen molar-refractivity contribution >= 4 is 5.91 Å². The highest BCUT2D eigenvalue weighted by atomic mass is 16.5. The third kappa shape index (κ3) is 4.01. The monoisotopic (exact) mass is 356 g/mol. The average Bonchev–Trinajstić information content (AvgIpc) is 3.33. The van der Waals surface area contributed by atoms with Gasteiger partial charge in [-0.25, -0.2) is 4.98 Å². The van der Waals surface area contributed by atoms with Crippen molar-refractivity contribution in [3.05, 3.63) is 42.9 Å². The van der Waals surface area contributed by atoms with Gasteiger partial charge in [0, 0.05) is 37.7 Å². The maximum atomic E-state index is 12.7. The van der Waals surface area contributed by atoms with E-state index in [1.54, 1.807) is 29.5 Å². The lowest BCUT2D eigenvalue weighted by Crippen LogP contribution is -2.46. The van der Waals surface area contributed by atoms with Gasteiger partial charge in [0.25, 0.3) is 5.91 Å². The van der Waals surface area contributed by atoms with E-state index >= 15 is 0 Å². The van der Waals surface area contributed by atoms with Gasteiger partial charge in [0.05, 0.1) is 24.1 Å². The van der Waals surface area contributed by atoms with Gasteiger partial charge in [0.2, 0.25) is 0 Å². The minimum atomic E-state index is -0.261. The zero-order chi connectivity index (χ0) is 18.7. The number of hydrogen-bond acceptors (Lipinski definition) is 5. The molecule has 0 saturated heterocycles. The Kier molecular flexibility index (Phi) is 4.92. The number of carbonyl (C=O) groups excluding carboxylic acids is 1. The molecule has 0 fully saturated rings. The van der Waals surface area contributed by atoms with E-state index in [4.69, 9.17) is 4.52 Å². The standard InChI is InChI=1S/C18H24N6O2/c1-5-24-10-13(9-20-24)15-8-14(22-26-15)17(25)21-16(18(2,3)4)11-23-7-6-19-12-23/h6-10,12,16H,5,11H2,1-4H3,(H,21,25)/t16-/m1/s1. The summed E-state index contributed by atoms with van der Waals surface area (Å²) in [4.78, 5) is 16.7. The second kappa shape index (κ2) is 7.15. The molecule has 0 aliphatic rings. The minimum absolute atomic E-state index is 0.0906. The van der Waals surface area contributed by atoms with Crippen molar-refractivity contribution in [2.45, 2.75) is 46.8 Å². The molecule has 0 aromatic carbocycles. The fourth-order valence-corrected chi connectivity index (χ4v) is 2.56. The summed E-state index contributed by atoms with van der Waals surface area (Å²) in [6.07, 6.45) is 8.90. The molecule has 3 aromatic rings. The first-order chi connectivity index (χ1) is 12.4. The first kappa shape index (κ1) is 17.9. The Morgan fingerprint density at radius 3 is 2.81 bits per heavy atom. The Labute approximate surface area is 152 Å². The second-order valence-electron chi connectivity index (χ2n) is 7.31. The van der Waals surface area contributed by atoms with Crippen molar-refractivity contribution in [3.63, 3.8) is 0 Å². The van der Waals surface area contributed by atoms with E-state index in [9.17, 15) is 4.79 Å². The van der Waals surface area contributed by atoms with Gasteiger partial charge in [-0.2, -0.15) is 5.10 Å². The maximum absolute atomic E-state index is 12.7. The molecule has 138 valence electrons. The molecule has 1 amide bonds. The molecule has 3 aromatic heterocycles. The average molecular weight is 356 g/mol. The number of amides is 1. The molecular weight excluding hydrogens is 332 g/mol. The summed E-state index contributed by atoms with van der Waals surface area (Å²) in [7, 11) is 0. The Balaban J connectivity index is 1.73. The van der Waals surface area contributed by atoms with Crippen molar-refractivity contribution in [2.24, 2.45) is 5.41 Å². The summed E-state index contributed by atoms with van der Waals surface area (Å²) in [6, 6.07) is 1.55. The van der Waals surface area contributed by atoms with E-state index in [1.807, 2.05) is 23.9 Å². The number of hydrogen-bond donors (Lipinski definition) is 1. The van der Waals surface area contributed by atoms with Gasteiger partial charge >= 0.3 is 0 Å². The fraction of sp³-hybridized carbons (Fsp3) is 0.444. The van der Waals surface area contributed by atoms with Crippen molar-refractivity contribution in [2.75, 3.05) is 0 Å². The first-order valence-corrected chi connectivity index (χ1v) is 8.63. The molecule has 8 heteroatoms. The summed E-state index contributed by atoms with van der Waals surface area (Å²) < 4.78 is 9.06. The molecule has 3 heterocycles. The number of imidazole rings is 1. The van der Waals surface area contributed by atoms with Gasteiger partial charge in [0.1, 0.15) is 0 Å². The predicted molar refractivity (Wildman–Crippen MR) is 96.3 cm³/mol. The predicted octanol–water partition coefficient (Wildman–Crippen LogP) is 2.60. The Morgan fingerprint density at radius 2 is 2.19 bits per heavy atom. The number of rotatable bonds is 6. The van der Waals surface area contributed by atoms with Crippen LogP contribution in [-0.2, 0) is 13.1 Å². The largest absolute Gasteiger partial charge is 0.355 e. The van der Waals surface area contributed by atoms with Crippen LogP contribution in [0.3, 0.4) is 0 Å². The van der Waals surface area contributed by atoms with Crippen LogP contribution in [0.4, 0.5) is 0 Å². The summed E-state index contributed by atoms with van der Waals surface area (Å²) >= 11 is 0. The van der Waals surface area contributed by atoms with E-state index in [0.717, 1.165) is 12.1 Å². The summed E-state index contributed by atoms with van der Waals surface area (Å²) in [5, 5.41) is 11.2. The van der Waals surface area contributed by atoms with Gasteiger partial charge < -0.3 is 14.4 Å². The number of aromatic nitrogens is 5. The lowest BCUT2D eigenvalue weighted by atomic mass is 9.86. The van der Waals surface area contributed by atoms with Crippen LogP contribution in [-0.4, -0.2) is 36.4 Å². The lowest BCUT2D eigenvalue weighted by molar-refractivity contribution is 0.0883. The van der Waals surface area contributed by atoms with Crippen LogP contribution in [0.15, 0.2) is 41.7 Å². The normalized spacial score (nSPS) is 12.9. The van der Waals surface area contributed by atoms with Gasteiger partial charge in [-0.3, -0.25) is 9.48 Å². The highest BCUT2D eigenvalue weighted by Gasteiger charge is 2.28.